The Morgan fingerprint density at radius 2 is 2.17 bits per heavy atom. The first-order valence-electron chi connectivity index (χ1n) is 8.06. The Morgan fingerprint density at radius 1 is 1.33 bits per heavy atom. The molecule has 1 aliphatic rings. The van der Waals surface area contributed by atoms with Crippen LogP contribution in [0.5, 0.6) is 0 Å². The van der Waals surface area contributed by atoms with Crippen LogP contribution in [0.4, 0.5) is 0 Å². The van der Waals surface area contributed by atoms with Crippen LogP contribution in [0.25, 0.3) is 0 Å². The molecule has 2 amide bonds. The minimum Gasteiger partial charge on any atom is -0.383 e. The smallest absolute Gasteiger partial charge is 0.264 e. The lowest BCUT2D eigenvalue weighted by Crippen LogP contribution is -2.52. The average molecular weight is 376 g/mol. The predicted octanol–water partition coefficient (Wildman–Crippen LogP) is 1.52. The van der Waals surface area contributed by atoms with Crippen LogP contribution in [-0.2, 0) is 9.53 Å². The standard InChI is InChI=1S/C16H25N3O3S.ClH/c1-22-11-9-17-7-8-18-15(20)13-5-2-3-10-19(13)16(21)14-6-4-12-23-14;/h4,6,12-13,17H,2-3,5,7-11H2,1H3,(H,18,20);1H. The van der Waals surface area contributed by atoms with Gasteiger partial charge >= 0.3 is 0 Å². The Bertz CT molecular complexity index is 499. The van der Waals surface area contributed by atoms with Gasteiger partial charge in [-0.05, 0) is 30.7 Å². The molecular formula is C16H26ClN3O3S. The van der Waals surface area contributed by atoms with Crippen molar-refractivity contribution < 1.29 is 14.3 Å². The highest BCUT2D eigenvalue weighted by atomic mass is 35.5. The van der Waals surface area contributed by atoms with Gasteiger partial charge in [0.1, 0.15) is 6.04 Å². The zero-order valence-corrected chi connectivity index (χ0v) is 15.6. The number of nitrogens with zero attached hydrogens (tertiary/aromatic N) is 1. The minimum atomic E-state index is -0.350. The molecule has 1 aromatic heterocycles. The fourth-order valence-corrected chi connectivity index (χ4v) is 3.36. The van der Waals surface area contributed by atoms with Gasteiger partial charge in [-0.2, -0.15) is 0 Å². The third kappa shape index (κ3) is 6.05. The van der Waals surface area contributed by atoms with Gasteiger partial charge in [0.15, 0.2) is 0 Å². The lowest BCUT2D eigenvalue weighted by atomic mass is 10.0. The molecule has 136 valence electrons. The van der Waals surface area contributed by atoms with E-state index >= 15 is 0 Å². The summed E-state index contributed by atoms with van der Waals surface area (Å²) < 4.78 is 4.95. The first kappa shape index (κ1) is 20.9. The maximum Gasteiger partial charge on any atom is 0.264 e. The third-order valence-corrected chi connectivity index (χ3v) is 4.74. The molecule has 2 heterocycles. The van der Waals surface area contributed by atoms with Crippen LogP contribution in [0.3, 0.4) is 0 Å². The van der Waals surface area contributed by atoms with E-state index in [4.69, 9.17) is 4.74 Å². The van der Waals surface area contributed by atoms with Crippen molar-refractivity contribution in [3.63, 3.8) is 0 Å². The van der Waals surface area contributed by atoms with E-state index in [2.05, 4.69) is 10.6 Å². The second-order valence-corrected chi connectivity index (χ2v) is 6.47. The summed E-state index contributed by atoms with van der Waals surface area (Å²) in [7, 11) is 1.66. The molecule has 0 bridgehead atoms. The quantitative estimate of drug-likeness (QED) is 0.676. The van der Waals surface area contributed by atoms with Gasteiger partial charge in [0, 0.05) is 33.3 Å². The predicted molar refractivity (Wildman–Crippen MR) is 98.0 cm³/mol. The number of carbonyl (C=O) groups is 2. The number of piperidine rings is 1. The molecule has 1 aromatic rings. The topological polar surface area (TPSA) is 70.7 Å². The van der Waals surface area contributed by atoms with Crippen molar-refractivity contribution >= 4 is 35.6 Å². The Hall–Kier alpha value is -1.15. The third-order valence-electron chi connectivity index (χ3n) is 3.88. The number of hydrogen-bond donors (Lipinski definition) is 2. The summed E-state index contributed by atoms with van der Waals surface area (Å²) in [4.78, 5) is 27.4. The molecule has 6 nitrogen and oxygen atoms in total. The second kappa shape index (κ2) is 11.4. The van der Waals surface area contributed by atoms with E-state index in [9.17, 15) is 9.59 Å². The SMILES string of the molecule is COCCNCCNC(=O)C1CCCCN1C(=O)c1cccs1.Cl. The van der Waals surface area contributed by atoms with Crippen LogP contribution in [0.1, 0.15) is 28.9 Å². The van der Waals surface area contributed by atoms with Crippen LogP contribution in [0.15, 0.2) is 17.5 Å². The van der Waals surface area contributed by atoms with Crippen LogP contribution in [-0.4, -0.2) is 62.7 Å². The van der Waals surface area contributed by atoms with Crippen molar-refractivity contribution in [2.75, 3.05) is 39.9 Å². The number of halogens is 1. The second-order valence-electron chi connectivity index (χ2n) is 5.52. The molecule has 1 aliphatic heterocycles. The minimum absolute atomic E-state index is 0. The molecular weight excluding hydrogens is 350 g/mol. The normalized spacial score (nSPS) is 17.2. The highest BCUT2D eigenvalue weighted by Crippen LogP contribution is 2.21. The van der Waals surface area contributed by atoms with Gasteiger partial charge in [-0.1, -0.05) is 6.07 Å². The van der Waals surface area contributed by atoms with Crippen molar-refractivity contribution in [3.05, 3.63) is 22.4 Å². The zero-order chi connectivity index (χ0) is 16.5. The van der Waals surface area contributed by atoms with Gasteiger partial charge in [-0.25, -0.2) is 0 Å². The Labute approximate surface area is 153 Å². The van der Waals surface area contributed by atoms with Crippen LogP contribution >= 0.6 is 23.7 Å². The molecule has 1 fully saturated rings. The first-order chi connectivity index (χ1) is 11.2. The van der Waals surface area contributed by atoms with Crippen LogP contribution in [0.2, 0.25) is 0 Å². The van der Waals surface area contributed by atoms with Gasteiger partial charge in [0.25, 0.3) is 5.91 Å². The summed E-state index contributed by atoms with van der Waals surface area (Å²) in [5.41, 5.74) is 0. The molecule has 0 saturated carbocycles. The molecule has 0 aromatic carbocycles. The van der Waals surface area contributed by atoms with Crippen LogP contribution < -0.4 is 10.6 Å². The number of amides is 2. The maximum absolute atomic E-state index is 12.6. The summed E-state index contributed by atoms with van der Waals surface area (Å²) in [6, 6.07) is 3.33. The number of ether oxygens (including phenoxy) is 1. The largest absolute Gasteiger partial charge is 0.383 e. The number of likely N-dealkylation sites (tertiary alicyclic amines) is 1. The molecule has 1 saturated heterocycles. The van der Waals surface area contributed by atoms with E-state index < -0.39 is 0 Å². The van der Waals surface area contributed by atoms with Crippen molar-refractivity contribution in [1.29, 1.82) is 0 Å². The van der Waals surface area contributed by atoms with E-state index in [-0.39, 0.29) is 30.3 Å². The monoisotopic (exact) mass is 375 g/mol. The zero-order valence-electron chi connectivity index (χ0n) is 14.0. The Morgan fingerprint density at radius 3 is 2.88 bits per heavy atom. The van der Waals surface area contributed by atoms with E-state index in [1.54, 1.807) is 12.0 Å². The summed E-state index contributed by atoms with van der Waals surface area (Å²) >= 11 is 1.42. The fraction of sp³-hybridized carbons (Fsp3) is 0.625. The average Bonchev–Trinajstić information content (AvgIpc) is 3.11. The Kier molecular flexibility index (Phi) is 9.94. The lowest BCUT2D eigenvalue weighted by molar-refractivity contribution is -0.126. The van der Waals surface area contributed by atoms with Crippen molar-refractivity contribution in [1.82, 2.24) is 15.5 Å². The summed E-state index contributed by atoms with van der Waals surface area (Å²) in [5.74, 6) is -0.0822. The van der Waals surface area contributed by atoms with E-state index in [1.807, 2.05) is 17.5 Å². The van der Waals surface area contributed by atoms with Gasteiger partial charge in [0.05, 0.1) is 11.5 Å². The maximum atomic E-state index is 12.6. The van der Waals surface area contributed by atoms with E-state index in [1.165, 1.54) is 11.3 Å². The highest BCUT2D eigenvalue weighted by Gasteiger charge is 2.32. The van der Waals surface area contributed by atoms with Gasteiger partial charge in [0.2, 0.25) is 5.91 Å². The lowest BCUT2D eigenvalue weighted by Gasteiger charge is -2.34. The van der Waals surface area contributed by atoms with Crippen molar-refractivity contribution in [2.45, 2.75) is 25.3 Å². The molecule has 0 radical (unpaired) electrons. The number of hydrogen-bond acceptors (Lipinski definition) is 5. The Balaban J connectivity index is 0.00000288. The summed E-state index contributed by atoms with van der Waals surface area (Å²) in [6.07, 6.45) is 2.68. The fourth-order valence-electron chi connectivity index (χ4n) is 2.68. The van der Waals surface area contributed by atoms with Gasteiger partial charge in [-0.3, -0.25) is 9.59 Å². The highest BCUT2D eigenvalue weighted by molar-refractivity contribution is 7.12. The summed E-state index contributed by atoms with van der Waals surface area (Å²) in [6.45, 7) is 3.32. The number of rotatable bonds is 8. The summed E-state index contributed by atoms with van der Waals surface area (Å²) in [5, 5.41) is 8.00. The number of carbonyl (C=O) groups excluding carboxylic acids is 2. The first-order valence-corrected chi connectivity index (χ1v) is 8.94. The van der Waals surface area contributed by atoms with Crippen LogP contribution in [0, 0.1) is 0 Å². The molecule has 0 aliphatic carbocycles. The number of thiophene rings is 1. The molecule has 0 spiro atoms. The van der Waals surface area contributed by atoms with Gasteiger partial charge in [-0.15, -0.1) is 23.7 Å². The van der Waals surface area contributed by atoms with Crippen molar-refractivity contribution in [3.8, 4) is 0 Å². The number of nitrogens with one attached hydrogen (secondary N) is 2. The number of methoxy groups -OCH3 is 1. The van der Waals surface area contributed by atoms with E-state index in [0.29, 0.717) is 31.1 Å². The molecule has 1 unspecified atom stereocenters. The van der Waals surface area contributed by atoms with E-state index in [0.717, 1.165) is 25.8 Å². The molecule has 2 rings (SSSR count). The van der Waals surface area contributed by atoms with Crippen molar-refractivity contribution in [2.24, 2.45) is 0 Å². The molecule has 24 heavy (non-hydrogen) atoms. The van der Waals surface area contributed by atoms with Gasteiger partial charge < -0.3 is 20.3 Å². The molecule has 2 N–H and O–H groups in total. The molecule has 8 heteroatoms. The molecule has 1 atom stereocenters.